The molecule has 0 aliphatic heterocycles. The maximum Gasteiger partial charge on any atom is 0.271 e. The first kappa shape index (κ1) is 30.8. The predicted molar refractivity (Wildman–Crippen MR) is 140 cm³/mol. The molecule has 2 rings (SSSR count). The number of rotatable bonds is 15. The number of benzene rings is 1. The lowest BCUT2D eigenvalue weighted by Gasteiger charge is -2.17. The van der Waals surface area contributed by atoms with Crippen LogP contribution in [0.4, 0.5) is 0 Å². The highest BCUT2D eigenvalue weighted by molar-refractivity contribution is 5.95. The molecule has 2 aromatic rings. The summed E-state index contributed by atoms with van der Waals surface area (Å²) < 4.78 is 10.5. The minimum Gasteiger partial charge on any atom is -0.497 e. The zero-order valence-electron chi connectivity index (χ0n) is 21.3. The number of aromatic nitrogens is 1. The Morgan fingerprint density at radius 2 is 1.50 bits per heavy atom. The molecule has 11 nitrogen and oxygen atoms in total. The Morgan fingerprint density at radius 1 is 0.972 bits per heavy atom. The lowest BCUT2D eigenvalue weighted by molar-refractivity contribution is 0.0954. The van der Waals surface area contributed by atoms with E-state index in [1.807, 2.05) is 13.8 Å². The average Bonchev–Trinajstić information content (AvgIpc) is 2.93. The fourth-order valence-corrected chi connectivity index (χ4v) is 2.78. The number of hydrogen-bond acceptors (Lipinski definition) is 9. The van der Waals surface area contributed by atoms with Gasteiger partial charge < -0.3 is 36.1 Å². The zero-order chi connectivity index (χ0) is 26.6. The van der Waals surface area contributed by atoms with Crippen molar-refractivity contribution < 1.29 is 24.5 Å². The molecule has 7 N–H and O–H groups in total. The maximum atomic E-state index is 11.7. The summed E-state index contributed by atoms with van der Waals surface area (Å²) in [4.78, 5) is 15.6. The summed E-state index contributed by atoms with van der Waals surface area (Å²) >= 11 is 0. The molecule has 11 heteroatoms. The zero-order valence-corrected chi connectivity index (χ0v) is 21.3. The van der Waals surface area contributed by atoms with Crippen LogP contribution < -0.4 is 31.3 Å². The molecule has 0 aliphatic rings. The molecule has 2 atom stereocenters. The van der Waals surface area contributed by atoms with Crippen LogP contribution in [0.2, 0.25) is 0 Å². The number of pyridine rings is 1. The van der Waals surface area contributed by atoms with Crippen LogP contribution in [-0.4, -0.2) is 79.0 Å². The molecule has 36 heavy (non-hydrogen) atoms. The van der Waals surface area contributed by atoms with Gasteiger partial charge >= 0.3 is 0 Å². The summed E-state index contributed by atoms with van der Waals surface area (Å²) in [6, 6.07) is 10.6. The molecule has 0 fully saturated rings. The van der Waals surface area contributed by atoms with Gasteiger partial charge in [-0.3, -0.25) is 9.78 Å². The van der Waals surface area contributed by atoms with Crippen molar-refractivity contribution in [2.24, 2.45) is 10.8 Å². The molecule has 0 aliphatic carbocycles. The van der Waals surface area contributed by atoms with Gasteiger partial charge in [0.25, 0.3) is 5.91 Å². The van der Waals surface area contributed by atoms with Crippen LogP contribution in [0.5, 0.6) is 11.5 Å². The van der Waals surface area contributed by atoms with Gasteiger partial charge in [0.05, 0.1) is 20.3 Å². The Morgan fingerprint density at radius 3 is 1.97 bits per heavy atom. The van der Waals surface area contributed by atoms with Gasteiger partial charge in [-0.25, -0.2) is 5.43 Å². The van der Waals surface area contributed by atoms with Crippen LogP contribution in [0.3, 0.4) is 0 Å². The number of aliphatic hydroxyl groups is 2. The van der Waals surface area contributed by atoms with Crippen molar-refractivity contribution in [2.75, 3.05) is 40.0 Å². The molecule has 0 bridgehead atoms. The van der Waals surface area contributed by atoms with E-state index in [9.17, 15) is 4.79 Å². The topological polar surface area (TPSA) is 163 Å². The summed E-state index contributed by atoms with van der Waals surface area (Å²) in [5, 5.41) is 28.0. The van der Waals surface area contributed by atoms with Crippen molar-refractivity contribution in [1.82, 2.24) is 21.0 Å². The normalized spacial score (nSPS) is 12.6. The van der Waals surface area contributed by atoms with Crippen molar-refractivity contribution in [3.8, 4) is 11.5 Å². The minimum absolute atomic E-state index is 0.0585. The summed E-state index contributed by atoms with van der Waals surface area (Å²) in [6.07, 6.45) is 4.92. The van der Waals surface area contributed by atoms with Crippen molar-refractivity contribution in [3.63, 3.8) is 0 Å². The lowest BCUT2D eigenvalue weighted by Crippen LogP contribution is -2.40. The van der Waals surface area contributed by atoms with Crippen molar-refractivity contribution in [2.45, 2.75) is 38.8 Å². The Labute approximate surface area is 213 Å². The summed E-state index contributed by atoms with van der Waals surface area (Å²) in [5.41, 5.74) is 8.47. The number of carbonyl (C=O) groups is 1. The van der Waals surface area contributed by atoms with Crippen LogP contribution in [0, 0.1) is 0 Å². The van der Waals surface area contributed by atoms with Gasteiger partial charge in [0.15, 0.2) is 5.84 Å². The van der Waals surface area contributed by atoms with E-state index in [1.54, 1.807) is 43.5 Å². The molecule has 0 saturated carbocycles. The second kappa shape index (κ2) is 19.0. The van der Waals surface area contributed by atoms with Gasteiger partial charge in [-0.2, -0.15) is 5.10 Å². The van der Waals surface area contributed by atoms with E-state index in [2.05, 4.69) is 26.1 Å². The molecule has 1 amide bonds. The average molecular weight is 505 g/mol. The number of methoxy groups -OCH3 is 1. The standard InChI is InChI=1S/C15H16N4O3.C10H24N2O2/c1-21-12-2-4-13(5-3-12)22-10-14(16)18-19-15(20)11-6-8-17-9-7-11;1-3-9(7-13)11-5-6-12-10(4-2)8-14/h2-9H,10H2,1H3,(H2,16,18)(H,19,20);9-14H,3-8H2,1-2H3/t;9-,10-/m.0/s1. The van der Waals surface area contributed by atoms with Crippen molar-refractivity contribution in [3.05, 3.63) is 54.4 Å². The minimum atomic E-state index is -0.366. The number of hydrazone groups is 1. The highest BCUT2D eigenvalue weighted by atomic mass is 16.5. The van der Waals surface area contributed by atoms with E-state index in [1.165, 1.54) is 12.4 Å². The molecule has 0 spiro atoms. The number of nitrogens with one attached hydrogen (secondary N) is 3. The molecule has 1 aromatic carbocycles. The summed E-state index contributed by atoms with van der Waals surface area (Å²) in [5.74, 6) is 1.14. The number of hydrogen-bond donors (Lipinski definition) is 6. The quantitative estimate of drug-likeness (QED) is 0.0894. The van der Waals surface area contributed by atoms with E-state index < -0.39 is 0 Å². The van der Waals surface area contributed by atoms with Crippen LogP contribution in [0.15, 0.2) is 53.9 Å². The third-order valence-electron chi connectivity index (χ3n) is 5.11. The van der Waals surface area contributed by atoms with E-state index in [0.717, 1.165) is 31.7 Å². The van der Waals surface area contributed by atoms with Gasteiger partial charge in [-0.1, -0.05) is 13.8 Å². The molecular formula is C25H40N6O5. The third kappa shape index (κ3) is 13.0. The Hall–Kier alpha value is -3.25. The number of nitrogens with zero attached hydrogens (tertiary/aromatic N) is 2. The molecule has 0 radical (unpaired) electrons. The number of ether oxygens (including phenoxy) is 2. The SMILES string of the molecule is CC[C@@H](CO)NCCN[C@@H](CC)CO.COc1ccc(OC/C(N)=N\NC(=O)c2ccncc2)cc1. The second-order valence-electron chi connectivity index (χ2n) is 7.73. The van der Waals surface area contributed by atoms with E-state index in [0.29, 0.717) is 11.3 Å². The first-order valence-corrected chi connectivity index (χ1v) is 11.9. The van der Waals surface area contributed by atoms with E-state index in [-0.39, 0.29) is 43.6 Å². The molecule has 1 heterocycles. The van der Waals surface area contributed by atoms with Crippen molar-refractivity contribution >= 4 is 11.7 Å². The summed E-state index contributed by atoms with van der Waals surface area (Å²) in [7, 11) is 1.59. The van der Waals surface area contributed by atoms with Gasteiger partial charge in [-0.15, -0.1) is 0 Å². The summed E-state index contributed by atoms with van der Waals surface area (Å²) in [6.45, 7) is 6.18. The number of nitrogens with two attached hydrogens (primary N) is 1. The Kier molecular flexibility index (Phi) is 16.2. The lowest BCUT2D eigenvalue weighted by atomic mass is 10.2. The number of carbonyl (C=O) groups excluding carboxylic acids is 1. The molecule has 200 valence electrons. The van der Waals surface area contributed by atoms with Gasteiger partial charge in [-0.05, 0) is 49.2 Å². The van der Waals surface area contributed by atoms with Crippen LogP contribution in [-0.2, 0) is 0 Å². The third-order valence-corrected chi connectivity index (χ3v) is 5.11. The smallest absolute Gasteiger partial charge is 0.271 e. The van der Waals surface area contributed by atoms with Crippen LogP contribution in [0.1, 0.15) is 37.0 Å². The van der Waals surface area contributed by atoms with E-state index in [4.69, 9.17) is 25.4 Å². The van der Waals surface area contributed by atoms with Crippen LogP contribution >= 0.6 is 0 Å². The Bertz CT molecular complexity index is 845. The second-order valence-corrected chi connectivity index (χ2v) is 7.73. The first-order valence-electron chi connectivity index (χ1n) is 11.9. The highest BCUT2D eigenvalue weighted by Gasteiger charge is 2.05. The number of amides is 1. The van der Waals surface area contributed by atoms with Gasteiger partial charge in [0.1, 0.15) is 18.1 Å². The van der Waals surface area contributed by atoms with Crippen LogP contribution in [0.25, 0.3) is 0 Å². The largest absolute Gasteiger partial charge is 0.497 e. The fraction of sp³-hybridized carbons (Fsp3) is 0.480. The number of amidine groups is 1. The fourth-order valence-electron chi connectivity index (χ4n) is 2.78. The van der Waals surface area contributed by atoms with Gasteiger partial charge in [0, 0.05) is 43.1 Å². The molecule has 0 saturated heterocycles. The van der Waals surface area contributed by atoms with E-state index >= 15 is 0 Å². The monoisotopic (exact) mass is 504 g/mol. The highest BCUT2D eigenvalue weighted by Crippen LogP contribution is 2.16. The maximum absolute atomic E-state index is 11.7. The Balaban J connectivity index is 0.000000402. The molecule has 1 aromatic heterocycles. The molecular weight excluding hydrogens is 464 g/mol. The molecule has 0 unspecified atom stereocenters. The first-order chi connectivity index (χ1) is 17.5. The number of aliphatic hydroxyl groups excluding tert-OH is 2. The van der Waals surface area contributed by atoms with Crippen molar-refractivity contribution in [1.29, 1.82) is 0 Å². The predicted octanol–water partition coefficient (Wildman–Crippen LogP) is 0.879. The van der Waals surface area contributed by atoms with Gasteiger partial charge in [0.2, 0.25) is 0 Å².